The first-order valence-electron chi connectivity index (χ1n) is 14.6. The van der Waals surface area contributed by atoms with Gasteiger partial charge >= 0.3 is 239 Å². The van der Waals surface area contributed by atoms with E-state index in [1.54, 1.807) is 20.0 Å². The van der Waals surface area contributed by atoms with E-state index in [-0.39, 0.29) is 35.6 Å². The van der Waals surface area contributed by atoms with Gasteiger partial charge in [0.1, 0.15) is 0 Å². The third-order valence-electron chi connectivity index (χ3n) is 9.04. The molecular formula is C37H44Cl2Hf. The predicted octanol–water partition coefficient (Wildman–Crippen LogP) is 10.7. The van der Waals surface area contributed by atoms with Crippen molar-refractivity contribution in [3.8, 4) is 11.1 Å². The Kier molecular flexibility index (Phi) is 9.41. The zero-order valence-corrected chi connectivity index (χ0v) is 30.1. The van der Waals surface area contributed by atoms with Crippen LogP contribution in [-0.4, -0.2) is 3.26 Å². The molecule has 0 aliphatic heterocycles. The maximum absolute atomic E-state index is 2.67. The second-order valence-corrected chi connectivity index (χ2v) is 23.0. The molecule has 0 spiro atoms. The molecule has 0 bridgehead atoms. The van der Waals surface area contributed by atoms with E-state index in [4.69, 9.17) is 0 Å². The van der Waals surface area contributed by atoms with Gasteiger partial charge in [0.2, 0.25) is 0 Å². The Labute approximate surface area is 262 Å². The maximum Gasteiger partial charge on any atom is -0.147 e. The molecule has 0 aromatic heterocycles. The van der Waals surface area contributed by atoms with E-state index < -0.39 is 21.0 Å². The summed E-state index contributed by atoms with van der Waals surface area (Å²) in [6, 6.07) is 26.5. The Balaban J connectivity index is 0.00000185. The zero-order chi connectivity index (χ0) is 26.7. The molecule has 3 aliphatic rings. The zero-order valence-electron chi connectivity index (χ0n) is 24.9. The fraction of sp³-hybridized carbons (Fsp3) is 0.378. The van der Waals surface area contributed by atoms with E-state index in [9.17, 15) is 0 Å². The van der Waals surface area contributed by atoms with Crippen molar-refractivity contribution in [1.29, 1.82) is 0 Å². The summed E-state index contributed by atoms with van der Waals surface area (Å²) < 4.78 is 4.24. The van der Waals surface area contributed by atoms with Gasteiger partial charge in [-0.05, 0) is 0 Å². The second kappa shape index (κ2) is 12.0. The quantitative estimate of drug-likeness (QED) is 0.234. The normalized spacial score (nSPS) is 17.2. The molecule has 0 heterocycles. The number of allylic oxidation sites excluding steroid dienone is 4. The molecule has 0 radical (unpaired) electrons. The molecule has 0 unspecified atom stereocenters. The van der Waals surface area contributed by atoms with Gasteiger partial charge in [0.05, 0.1) is 0 Å². The van der Waals surface area contributed by atoms with Gasteiger partial charge in [-0.3, -0.25) is 0 Å². The molecule has 40 heavy (non-hydrogen) atoms. The van der Waals surface area contributed by atoms with Crippen LogP contribution in [0.5, 0.6) is 0 Å². The number of halogens is 2. The largest absolute Gasteiger partial charge is 0.147 e. The van der Waals surface area contributed by atoms with Crippen LogP contribution < -0.4 is 0 Å². The standard InChI is InChI=1S/C21H25.C11H12.C5H5.2ClH.Hf/c1-20(2,3)16-7-9-18-14(12-16)11-15-13-17(21(4,5)6)8-10-19(15)18;1-2-5-10(6-3-1)9-11-7-4-8-11;1-2-4-5-3-1;;;/h7-13H,1-6H3;1-3,5-6,11H,4,7-8H2;1-3H,4H2;2*1H;. The third-order valence-corrected chi connectivity index (χ3v) is 21.8. The van der Waals surface area contributed by atoms with Crippen molar-refractivity contribution in [2.75, 3.05) is 0 Å². The average Bonchev–Trinajstić information content (AvgIpc) is 3.48. The smallest absolute Gasteiger partial charge is 0.147 e. The summed E-state index contributed by atoms with van der Waals surface area (Å²) in [6.07, 6.45) is 12.6. The maximum atomic E-state index is 2.62. The Morgan fingerprint density at radius 1 is 0.725 bits per heavy atom. The summed E-state index contributed by atoms with van der Waals surface area (Å²) in [5.41, 5.74) is 11.0. The van der Waals surface area contributed by atoms with E-state index in [1.807, 2.05) is 3.26 Å². The molecule has 0 atom stereocenters. The summed E-state index contributed by atoms with van der Waals surface area (Å²) >= 11 is -2.67. The summed E-state index contributed by atoms with van der Waals surface area (Å²) in [6.45, 7) is 14.2. The van der Waals surface area contributed by atoms with Crippen LogP contribution in [0.25, 0.3) is 11.1 Å². The van der Waals surface area contributed by atoms with Gasteiger partial charge in [0.25, 0.3) is 0 Å². The van der Waals surface area contributed by atoms with Gasteiger partial charge in [0.15, 0.2) is 0 Å². The van der Waals surface area contributed by atoms with E-state index in [1.165, 1.54) is 41.5 Å². The summed E-state index contributed by atoms with van der Waals surface area (Å²) in [5.74, 6) is 0.769. The number of fused-ring (bicyclic) bond motifs is 3. The van der Waals surface area contributed by atoms with Crippen molar-refractivity contribution in [2.45, 2.75) is 81.7 Å². The summed E-state index contributed by atoms with van der Waals surface area (Å²) in [7, 11) is 0. The molecule has 0 amide bonds. The van der Waals surface area contributed by atoms with Crippen LogP contribution in [-0.2, 0) is 31.8 Å². The van der Waals surface area contributed by atoms with E-state index >= 15 is 0 Å². The number of hydrogen-bond donors (Lipinski definition) is 0. The van der Waals surface area contributed by atoms with Crippen molar-refractivity contribution >= 4 is 28.1 Å². The monoisotopic (exact) mass is 738 g/mol. The minimum atomic E-state index is -2.67. The number of hydrogen-bond acceptors (Lipinski definition) is 0. The second-order valence-electron chi connectivity index (χ2n) is 13.7. The Hall–Kier alpha value is -1.54. The first-order chi connectivity index (χ1) is 18.1. The van der Waals surface area contributed by atoms with Crippen LogP contribution in [0.15, 0.2) is 88.3 Å². The molecule has 3 aromatic rings. The summed E-state index contributed by atoms with van der Waals surface area (Å²) in [4.78, 5) is 0. The minimum Gasteiger partial charge on any atom is -0.147 e. The van der Waals surface area contributed by atoms with Crippen LogP contribution >= 0.6 is 24.8 Å². The first-order valence-corrected chi connectivity index (χ1v) is 20.2. The minimum absolute atomic E-state index is 0. The third kappa shape index (κ3) is 5.73. The Bertz CT molecular complexity index is 1410. The van der Waals surface area contributed by atoms with Crippen molar-refractivity contribution in [1.82, 2.24) is 0 Å². The van der Waals surface area contributed by atoms with E-state index in [0.29, 0.717) is 3.67 Å². The molecule has 0 nitrogen and oxygen atoms in total. The van der Waals surface area contributed by atoms with Gasteiger partial charge in [-0.25, -0.2) is 0 Å². The van der Waals surface area contributed by atoms with Crippen molar-refractivity contribution in [3.05, 3.63) is 116 Å². The number of benzene rings is 3. The van der Waals surface area contributed by atoms with Crippen LogP contribution in [0, 0.1) is 5.92 Å². The van der Waals surface area contributed by atoms with E-state index in [2.05, 4.69) is 127 Å². The van der Waals surface area contributed by atoms with Crippen molar-refractivity contribution < 1.29 is 21.0 Å². The van der Waals surface area contributed by atoms with Gasteiger partial charge in [-0.15, -0.1) is 24.8 Å². The van der Waals surface area contributed by atoms with Crippen LogP contribution in [0.3, 0.4) is 0 Å². The van der Waals surface area contributed by atoms with Gasteiger partial charge < -0.3 is 0 Å². The van der Waals surface area contributed by atoms with Gasteiger partial charge in [0, 0.05) is 0 Å². The van der Waals surface area contributed by atoms with Gasteiger partial charge in [-0.2, -0.15) is 0 Å². The van der Waals surface area contributed by atoms with Crippen molar-refractivity contribution in [3.63, 3.8) is 0 Å². The molecule has 3 heteroatoms. The Morgan fingerprint density at radius 3 is 1.70 bits per heavy atom. The molecule has 0 N–H and O–H groups in total. The SMILES string of the molecule is CC(C)(C)c1ccc2c(c1)[CH](/[Hf]([C]1=CC=CC1)=[C](\c1ccccc1)C1CCC1)c1cc(C(C)(C)C)ccc1-2.Cl.Cl. The molecule has 6 rings (SSSR count). The van der Waals surface area contributed by atoms with Crippen LogP contribution in [0.1, 0.15) is 98.7 Å². The molecule has 0 saturated heterocycles. The van der Waals surface area contributed by atoms with Crippen LogP contribution in [0.4, 0.5) is 0 Å². The first kappa shape index (κ1) is 31.4. The average molecular weight is 738 g/mol. The van der Waals surface area contributed by atoms with Gasteiger partial charge in [-0.1, -0.05) is 0 Å². The van der Waals surface area contributed by atoms with Crippen molar-refractivity contribution in [2.24, 2.45) is 5.92 Å². The Morgan fingerprint density at radius 2 is 1.27 bits per heavy atom. The predicted molar refractivity (Wildman–Crippen MR) is 175 cm³/mol. The fourth-order valence-electron chi connectivity index (χ4n) is 6.59. The topological polar surface area (TPSA) is 0 Å². The molecule has 1 fully saturated rings. The fourth-order valence-corrected chi connectivity index (χ4v) is 20.8. The van der Waals surface area contributed by atoms with Crippen LogP contribution in [0.2, 0.25) is 0 Å². The molecule has 1 saturated carbocycles. The number of rotatable bonds is 4. The molecular weight excluding hydrogens is 694 g/mol. The summed E-state index contributed by atoms with van der Waals surface area (Å²) in [5, 5.41) is 0. The van der Waals surface area contributed by atoms with E-state index in [0.717, 1.165) is 12.3 Å². The molecule has 3 aromatic carbocycles. The molecule has 210 valence electrons. The molecule has 3 aliphatic carbocycles.